The second kappa shape index (κ2) is 3.85. The van der Waals surface area contributed by atoms with Gasteiger partial charge in [-0.05, 0) is 18.6 Å². The van der Waals surface area contributed by atoms with Crippen molar-refractivity contribution in [3.63, 3.8) is 0 Å². The van der Waals surface area contributed by atoms with E-state index in [1.165, 1.54) is 24.3 Å². The third-order valence-electron chi connectivity index (χ3n) is 2.00. The lowest BCUT2D eigenvalue weighted by atomic mass is 10.2. The van der Waals surface area contributed by atoms with Gasteiger partial charge in [0.25, 0.3) is 0 Å². The molecule has 1 fully saturated rings. The maximum Gasteiger partial charge on any atom is 0.200 e. The maximum atomic E-state index is 4.13. The topological polar surface area (TPSA) is 40.7 Å². The number of hydrogen-bond donors (Lipinski definition) is 2. The van der Waals surface area contributed by atoms with Gasteiger partial charge in [0.1, 0.15) is 0 Å². The molecule has 0 aliphatic carbocycles. The fourth-order valence-corrected chi connectivity index (χ4v) is 2.46. The molecule has 0 bridgehead atoms. The Morgan fingerprint density at radius 3 is 3.33 bits per heavy atom. The molecule has 1 aromatic rings. The molecule has 66 valence electrons. The van der Waals surface area contributed by atoms with Crippen LogP contribution in [-0.2, 0) is 0 Å². The molecule has 12 heavy (non-hydrogen) atoms. The fourth-order valence-electron chi connectivity index (χ4n) is 1.39. The standard InChI is InChI=1S/C8H13N3S/c1-2-7(6-12-5-1)11-8-9-3-4-10-8/h3-4,7H,1-2,5-6H2,(H2,9,10,11). The van der Waals surface area contributed by atoms with Crippen LogP contribution < -0.4 is 5.32 Å². The number of nitrogens with one attached hydrogen (secondary N) is 2. The highest BCUT2D eigenvalue weighted by Gasteiger charge is 2.13. The van der Waals surface area contributed by atoms with Crippen molar-refractivity contribution < 1.29 is 0 Å². The summed E-state index contributed by atoms with van der Waals surface area (Å²) in [5.74, 6) is 3.43. The SMILES string of the molecule is c1c[nH]c(NC2CCCSC2)n1. The molecule has 1 aliphatic rings. The summed E-state index contributed by atoms with van der Waals surface area (Å²) in [6.45, 7) is 0. The smallest absolute Gasteiger partial charge is 0.200 e. The van der Waals surface area contributed by atoms with Crippen molar-refractivity contribution in [1.82, 2.24) is 9.97 Å². The van der Waals surface area contributed by atoms with E-state index in [0.717, 1.165) is 5.95 Å². The van der Waals surface area contributed by atoms with E-state index in [9.17, 15) is 0 Å². The number of nitrogens with zero attached hydrogens (tertiary/aromatic N) is 1. The largest absolute Gasteiger partial charge is 0.352 e. The molecule has 3 nitrogen and oxygen atoms in total. The van der Waals surface area contributed by atoms with Crippen LogP contribution in [0.15, 0.2) is 12.4 Å². The van der Waals surface area contributed by atoms with Crippen molar-refractivity contribution in [2.24, 2.45) is 0 Å². The van der Waals surface area contributed by atoms with Gasteiger partial charge in [-0.3, -0.25) is 0 Å². The normalized spacial score (nSPS) is 23.8. The number of aromatic nitrogens is 2. The van der Waals surface area contributed by atoms with Crippen molar-refractivity contribution >= 4 is 17.7 Å². The van der Waals surface area contributed by atoms with Crippen molar-refractivity contribution in [1.29, 1.82) is 0 Å². The van der Waals surface area contributed by atoms with Crippen LogP contribution in [0.4, 0.5) is 5.95 Å². The van der Waals surface area contributed by atoms with Gasteiger partial charge in [-0.15, -0.1) is 0 Å². The third kappa shape index (κ3) is 1.94. The summed E-state index contributed by atoms with van der Waals surface area (Å²) in [7, 11) is 0. The number of anilines is 1. The third-order valence-corrected chi connectivity index (χ3v) is 3.21. The molecule has 0 aromatic carbocycles. The predicted molar refractivity (Wildman–Crippen MR) is 52.6 cm³/mol. The molecule has 0 radical (unpaired) electrons. The molecular weight excluding hydrogens is 170 g/mol. The first-order chi connectivity index (χ1) is 5.95. The minimum absolute atomic E-state index is 0.606. The van der Waals surface area contributed by atoms with Gasteiger partial charge < -0.3 is 10.3 Å². The lowest BCUT2D eigenvalue weighted by Gasteiger charge is -2.21. The first kappa shape index (κ1) is 7.98. The average Bonchev–Trinajstić information content (AvgIpc) is 2.59. The summed E-state index contributed by atoms with van der Waals surface area (Å²) in [4.78, 5) is 7.19. The van der Waals surface area contributed by atoms with E-state index in [4.69, 9.17) is 0 Å². The van der Waals surface area contributed by atoms with Gasteiger partial charge in [0.15, 0.2) is 5.95 Å². The Hall–Kier alpha value is -0.640. The monoisotopic (exact) mass is 183 g/mol. The van der Waals surface area contributed by atoms with Gasteiger partial charge in [0, 0.05) is 24.2 Å². The Kier molecular flexibility index (Phi) is 2.56. The molecular formula is C8H13N3S. The Morgan fingerprint density at radius 2 is 2.67 bits per heavy atom. The summed E-state index contributed by atoms with van der Waals surface area (Å²) in [6.07, 6.45) is 6.22. The fraction of sp³-hybridized carbons (Fsp3) is 0.625. The zero-order chi connectivity index (χ0) is 8.23. The van der Waals surface area contributed by atoms with Crippen LogP contribution in [0, 0.1) is 0 Å². The van der Waals surface area contributed by atoms with E-state index in [-0.39, 0.29) is 0 Å². The van der Waals surface area contributed by atoms with E-state index >= 15 is 0 Å². The van der Waals surface area contributed by atoms with E-state index in [1.807, 2.05) is 18.0 Å². The highest BCUT2D eigenvalue weighted by molar-refractivity contribution is 7.99. The van der Waals surface area contributed by atoms with Crippen LogP contribution in [0.1, 0.15) is 12.8 Å². The van der Waals surface area contributed by atoms with E-state index in [2.05, 4.69) is 15.3 Å². The molecule has 0 amide bonds. The zero-order valence-electron chi connectivity index (χ0n) is 6.92. The van der Waals surface area contributed by atoms with Crippen molar-refractivity contribution in [2.75, 3.05) is 16.8 Å². The van der Waals surface area contributed by atoms with Crippen LogP contribution in [0.2, 0.25) is 0 Å². The molecule has 2 heterocycles. The summed E-state index contributed by atoms with van der Waals surface area (Å²) in [5.41, 5.74) is 0. The van der Waals surface area contributed by atoms with Crippen LogP contribution in [-0.4, -0.2) is 27.5 Å². The van der Waals surface area contributed by atoms with Gasteiger partial charge in [0.2, 0.25) is 0 Å². The second-order valence-corrected chi connectivity index (χ2v) is 4.15. The van der Waals surface area contributed by atoms with Crippen molar-refractivity contribution in [3.8, 4) is 0 Å². The molecule has 1 atom stereocenters. The summed E-state index contributed by atoms with van der Waals surface area (Å²) >= 11 is 2.02. The molecule has 1 saturated heterocycles. The van der Waals surface area contributed by atoms with Gasteiger partial charge in [-0.2, -0.15) is 11.8 Å². The molecule has 0 spiro atoms. The number of H-pyrrole nitrogens is 1. The maximum absolute atomic E-state index is 4.13. The molecule has 1 aliphatic heterocycles. The number of rotatable bonds is 2. The highest BCUT2D eigenvalue weighted by atomic mass is 32.2. The highest BCUT2D eigenvalue weighted by Crippen LogP contribution is 2.19. The lowest BCUT2D eigenvalue weighted by Crippen LogP contribution is -2.26. The second-order valence-electron chi connectivity index (χ2n) is 3.00. The minimum atomic E-state index is 0.606. The summed E-state index contributed by atoms with van der Waals surface area (Å²) < 4.78 is 0. The van der Waals surface area contributed by atoms with Gasteiger partial charge in [0.05, 0.1) is 0 Å². The van der Waals surface area contributed by atoms with Gasteiger partial charge in [-0.1, -0.05) is 0 Å². The first-order valence-corrected chi connectivity index (χ1v) is 5.44. The number of hydrogen-bond acceptors (Lipinski definition) is 3. The number of thioether (sulfide) groups is 1. The van der Waals surface area contributed by atoms with Gasteiger partial charge >= 0.3 is 0 Å². The molecule has 0 saturated carbocycles. The predicted octanol–water partition coefficient (Wildman–Crippen LogP) is 1.72. The lowest BCUT2D eigenvalue weighted by molar-refractivity contribution is 0.680. The Labute approximate surface area is 76.4 Å². The molecule has 2 rings (SSSR count). The van der Waals surface area contributed by atoms with Crippen LogP contribution in [0.5, 0.6) is 0 Å². The Bertz CT molecular complexity index is 216. The van der Waals surface area contributed by atoms with E-state index in [0.29, 0.717) is 6.04 Å². The van der Waals surface area contributed by atoms with Gasteiger partial charge in [-0.25, -0.2) is 4.98 Å². The molecule has 2 N–H and O–H groups in total. The van der Waals surface area contributed by atoms with Crippen molar-refractivity contribution in [2.45, 2.75) is 18.9 Å². The van der Waals surface area contributed by atoms with E-state index in [1.54, 1.807) is 6.20 Å². The van der Waals surface area contributed by atoms with Crippen LogP contribution in [0.3, 0.4) is 0 Å². The first-order valence-electron chi connectivity index (χ1n) is 4.29. The van der Waals surface area contributed by atoms with Crippen LogP contribution >= 0.6 is 11.8 Å². The average molecular weight is 183 g/mol. The summed E-state index contributed by atoms with van der Waals surface area (Å²) in [6, 6.07) is 0.606. The zero-order valence-corrected chi connectivity index (χ0v) is 7.73. The molecule has 1 unspecified atom stereocenters. The van der Waals surface area contributed by atoms with E-state index < -0.39 is 0 Å². The summed E-state index contributed by atoms with van der Waals surface area (Å²) in [5, 5.41) is 3.37. The molecule has 4 heteroatoms. The van der Waals surface area contributed by atoms with Crippen molar-refractivity contribution in [3.05, 3.63) is 12.4 Å². The van der Waals surface area contributed by atoms with Crippen LogP contribution in [0.25, 0.3) is 0 Å². The molecule has 1 aromatic heterocycles. The minimum Gasteiger partial charge on any atom is -0.352 e. The number of aromatic amines is 1. The number of imidazole rings is 1. The quantitative estimate of drug-likeness (QED) is 0.733. The Morgan fingerprint density at radius 1 is 1.67 bits per heavy atom. The Balaban J connectivity index is 1.86.